The standard InChI is InChI=1S/C18H22N6O/c1-4-13(10-25)22-18-23-16-15(19-7-8-20-16)17(24-18)21-14-6-5-11(2)12(3)9-14/h5-9,13,25H,4,10H2,1-3H3,(H2,20,21,22,23,24)/t13-/m0/s1. The number of aliphatic hydroxyl groups excluding tert-OH is 1. The highest BCUT2D eigenvalue weighted by atomic mass is 16.3. The second-order valence-corrected chi connectivity index (χ2v) is 5.98. The van der Waals surface area contributed by atoms with Gasteiger partial charge >= 0.3 is 0 Å². The smallest absolute Gasteiger partial charge is 0.227 e. The number of hydrogen-bond donors (Lipinski definition) is 3. The zero-order valence-electron chi connectivity index (χ0n) is 14.6. The first-order chi connectivity index (χ1) is 12.1. The monoisotopic (exact) mass is 338 g/mol. The number of nitrogens with one attached hydrogen (secondary N) is 2. The molecule has 7 heteroatoms. The molecule has 3 aromatic rings. The van der Waals surface area contributed by atoms with Crippen LogP contribution in [0, 0.1) is 13.8 Å². The molecule has 7 nitrogen and oxygen atoms in total. The van der Waals surface area contributed by atoms with Crippen LogP contribution in [0.4, 0.5) is 17.5 Å². The number of aromatic nitrogens is 4. The number of rotatable bonds is 6. The van der Waals surface area contributed by atoms with Gasteiger partial charge in [-0.25, -0.2) is 9.97 Å². The lowest BCUT2D eigenvalue weighted by molar-refractivity contribution is 0.271. The molecular weight excluding hydrogens is 316 g/mol. The summed E-state index contributed by atoms with van der Waals surface area (Å²) in [6.45, 7) is 6.15. The molecule has 1 atom stereocenters. The lowest BCUT2D eigenvalue weighted by Gasteiger charge is -2.16. The van der Waals surface area contributed by atoms with E-state index >= 15 is 0 Å². The number of nitrogens with zero attached hydrogens (tertiary/aromatic N) is 4. The van der Waals surface area contributed by atoms with E-state index in [2.05, 4.69) is 56.5 Å². The Hall–Kier alpha value is -2.80. The average Bonchev–Trinajstić information content (AvgIpc) is 2.63. The van der Waals surface area contributed by atoms with E-state index < -0.39 is 0 Å². The number of aliphatic hydroxyl groups is 1. The van der Waals surface area contributed by atoms with E-state index in [9.17, 15) is 5.11 Å². The van der Waals surface area contributed by atoms with Crippen LogP contribution in [-0.4, -0.2) is 37.7 Å². The first kappa shape index (κ1) is 17.0. The number of anilines is 3. The van der Waals surface area contributed by atoms with Crippen LogP contribution in [0.15, 0.2) is 30.6 Å². The summed E-state index contributed by atoms with van der Waals surface area (Å²) in [6.07, 6.45) is 3.98. The fraction of sp³-hybridized carbons (Fsp3) is 0.333. The minimum absolute atomic E-state index is 0.0122. The molecule has 2 heterocycles. The topological polar surface area (TPSA) is 95.8 Å². The van der Waals surface area contributed by atoms with Crippen LogP contribution in [0.25, 0.3) is 11.2 Å². The fourth-order valence-corrected chi connectivity index (χ4v) is 2.43. The summed E-state index contributed by atoms with van der Waals surface area (Å²) in [4.78, 5) is 17.6. The van der Waals surface area contributed by atoms with E-state index in [0.29, 0.717) is 22.9 Å². The fourth-order valence-electron chi connectivity index (χ4n) is 2.43. The third-order valence-corrected chi connectivity index (χ3v) is 4.15. The highest BCUT2D eigenvalue weighted by molar-refractivity contribution is 5.85. The largest absolute Gasteiger partial charge is 0.394 e. The Balaban J connectivity index is 2.00. The van der Waals surface area contributed by atoms with Gasteiger partial charge in [0.05, 0.1) is 12.6 Å². The van der Waals surface area contributed by atoms with Crippen LogP contribution >= 0.6 is 0 Å². The summed E-state index contributed by atoms with van der Waals surface area (Å²) in [5, 5.41) is 15.8. The molecule has 0 radical (unpaired) electrons. The third-order valence-electron chi connectivity index (χ3n) is 4.15. The van der Waals surface area contributed by atoms with Crippen molar-refractivity contribution in [1.29, 1.82) is 0 Å². The van der Waals surface area contributed by atoms with Crippen LogP contribution in [-0.2, 0) is 0 Å². The van der Waals surface area contributed by atoms with Crippen LogP contribution in [0.1, 0.15) is 24.5 Å². The summed E-state index contributed by atoms with van der Waals surface area (Å²) in [6, 6.07) is 6.02. The van der Waals surface area contributed by atoms with E-state index in [4.69, 9.17) is 0 Å². The van der Waals surface area contributed by atoms with Crippen molar-refractivity contribution in [3.05, 3.63) is 41.7 Å². The predicted octanol–water partition coefficient (Wildman–Crippen LogP) is 2.96. The molecule has 3 N–H and O–H groups in total. The lowest BCUT2D eigenvalue weighted by Crippen LogP contribution is -2.24. The van der Waals surface area contributed by atoms with Crippen LogP contribution in [0.3, 0.4) is 0 Å². The SMILES string of the molecule is CC[C@@H](CO)Nc1nc(Nc2ccc(C)c(C)c2)c2nccnc2n1. The Morgan fingerprint density at radius 3 is 2.60 bits per heavy atom. The Bertz CT molecular complexity index is 879. The number of benzene rings is 1. The third kappa shape index (κ3) is 3.83. The Labute approximate surface area is 146 Å². The molecular formula is C18H22N6O. The summed E-state index contributed by atoms with van der Waals surface area (Å²) in [7, 11) is 0. The molecule has 0 aliphatic rings. The molecule has 1 aromatic carbocycles. The molecule has 0 bridgehead atoms. The maximum atomic E-state index is 9.40. The van der Waals surface area contributed by atoms with Crippen molar-refractivity contribution in [2.75, 3.05) is 17.2 Å². The molecule has 2 aromatic heterocycles. The number of hydrogen-bond acceptors (Lipinski definition) is 7. The zero-order valence-corrected chi connectivity index (χ0v) is 14.6. The molecule has 0 saturated carbocycles. The predicted molar refractivity (Wildman–Crippen MR) is 99.1 cm³/mol. The van der Waals surface area contributed by atoms with Gasteiger partial charge in [0.1, 0.15) is 0 Å². The summed E-state index contributed by atoms with van der Waals surface area (Å²) in [5.74, 6) is 0.997. The molecule has 0 aliphatic heterocycles. The minimum atomic E-state index is -0.108. The van der Waals surface area contributed by atoms with Crippen molar-refractivity contribution in [2.45, 2.75) is 33.2 Å². The molecule has 0 aliphatic carbocycles. The van der Waals surface area contributed by atoms with Crippen molar-refractivity contribution < 1.29 is 5.11 Å². The molecule has 25 heavy (non-hydrogen) atoms. The lowest BCUT2D eigenvalue weighted by atomic mass is 10.1. The molecule has 3 rings (SSSR count). The highest BCUT2D eigenvalue weighted by Crippen LogP contribution is 2.24. The van der Waals surface area contributed by atoms with Crippen LogP contribution < -0.4 is 10.6 Å². The second kappa shape index (κ2) is 7.40. The average molecular weight is 338 g/mol. The maximum absolute atomic E-state index is 9.40. The number of fused-ring (bicyclic) bond motifs is 1. The van der Waals surface area contributed by atoms with Gasteiger partial charge in [-0.1, -0.05) is 13.0 Å². The Morgan fingerprint density at radius 2 is 1.88 bits per heavy atom. The summed E-state index contributed by atoms with van der Waals surface area (Å²) in [5.41, 5.74) is 4.45. The first-order valence-electron chi connectivity index (χ1n) is 8.31. The maximum Gasteiger partial charge on any atom is 0.227 e. The van der Waals surface area contributed by atoms with Crippen molar-refractivity contribution in [3.8, 4) is 0 Å². The first-order valence-corrected chi connectivity index (χ1v) is 8.31. The van der Waals surface area contributed by atoms with Crippen LogP contribution in [0.5, 0.6) is 0 Å². The Morgan fingerprint density at radius 1 is 1.08 bits per heavy atom. The molecule has 0 spiro atoms. The zero-order chi connectivity index (χ0) is 17.8. The van der Waals surface area contributed by atoms with Gasteiger partial charge in [-0.15, -0.1) is 0 Å². The van der Waals surface area contributed by atoms with Gasteiger partial charge < -0.3 is 15.7 Å². The Kier molecular flexibility index (Phi) is 5.04. The van der Waals surface area contributed by atoms with E-state index in [1.165, 1.54) is 11.1 Å². The van der Waals surface area contributed by atoms with E-state index in [1.54, 1.807) is 12.4 Å². The molecule has 0 saturated heterocycles. The van der Waals surface area contributed by atoms with Crippen molar-refractivity contribution in [2.24, 2.45) is 0 Å². The van der Waals surface area contributed by atoms with Crippen molar-refractivity contribution >= 4 is 28.6 Å². The molecule has 130 valence electrons. The van der Waals surface area contributed by atoms with E-state index in [-0.39, 0.29) is 12.6 Å². The van der Waals surface area contributed by atoms with Gasteiger partial charge in [0.2, 0.25) is 5.95 Å². The van der Waals surface area contributed by atoms with Crippen molar-refractivity contribution in [1.82, 2.24) is 19.9 Å². The highest BCUT2D eigenvalue weighted by Gasteiger charge is 2.13. The van der Waals surface area contributed by atoms with E-state index in [1.807, 2.05) is 13.0 Å². The van der Waals surface area contributed by atoms with Crippen LogP contribution in [0.2, 0.25) is 0 Å². The van der Waals surface area contributed by atoms with Gasteiger partial charge in [-0.3, -0.25) is 0 Å². The van der Waals surface area contributed by atoms with Gasteiger partial charge in [0.25, 0.3) is 0 Å². The van der Waals surface area contributed by atoms with E-state index in [0.717, 1.165) is 12.1 Å². The van der Waals surface area contributed by atoms with Gasteiger partial charge in [0, 0.05) is 18.1 Å². The minimum Gasteiger partial charge on any atom is -0.394 e. The summed E-state index contributed by atoms with van der Waals surface area (Å²) >= 11 is 0. The summed E-state index contributed by atoms with van der Waals surface area (Å²) < 4.78 is 0. The van der Waals surface area contributed by atoms with Gasteiger partial charge in [-0.05, 0) is 43.5 Å². The quantitative estimate of drug-likeness (QED) is 0.636. The molecule has 0 amide bonds. The normalized spacial score (nSPS) is 12.2. The van der Waals surface area contributed by atoms with Gasteiger partial charge in [0.15, 0.2) is 17.0 Å². The van der Waals surface area contributed by atoms with Crippen molar-refractivity contribution in [3.63, 3.8) is 0 Å². The van der Waals surface area contributed by atoms with Gasteiger partial charge in [-0.2, -0.15) is 9.97 Å². The molecule has 0 unspecified atom stereocenters. The second-order valence-electron chi connectivity index (χ2n) is 5.98. The molecule has 0 fully saturated rings. The number of aryl methyl sites for hydroxylation is 2.